The second-order valence-corrected chi connectivity index (χ2v) is 8.57. The summed E-state index contributed by atoms with van der Waals surface area (Å²) in [5.41, 5.74) is 0.333. The van der Waals surface area contributed by atoms with Crippen molar-refractivity contribution in [3.63, 3.8) is 0 Å². The summed E-state index contributed by atoms with van der Waals surface area (Å²) in [6, 6.07) is 3.24. The third-order valence-corrected chi connectivity index (χ3v) is 5.18. The lowest BCUT2D eigenvalue weighted by Gasteiger charge is -2.37. The molecule has 1 aromatic carbocycles. The van der Waals surface area contributed by atoms with Crippen LogP contribution in [-0.2, 0) is 9.05 Å². The van der Waals surface area contributed by atoms with Gasteiger partial charge >= 0.3 is 0 Å². The predicted molar refractivity (Wildman–Crippen MR) is 78.4 cm³/mol. The van der Waals surface area contributed by atoms with E-state index in [-0.39, 0.29) is 16.9 Å². The molecule has 0 radical (unpaired) electrons. The van der Waals surface area contributed by atoms with Crippen LogP contribution in [-0.4, -0.2) is 32.3 Å². The molecule has 21 heavy (non-hydrogen) atoms. The van der Waals surface area contributed by atoms with E-state index in [1.807, 2.05) is 0 Å². The fraction of sp³-hybridized carbons (Fsp3) is 0.500. The summed E-state index contributed by atoms with van der Waals surface area (Å²) in [6.45, 7) is 5.49. The lowest BCUT2D eigenvalue weighted by molar-refractivity contribution is 0.0630. The highest BCUT2D eigenvalue weighted by atomic mass is 35.7. The molecule has 1 aliphatic rings. The van der Waals surface area contributed by atoms with Gasteiger partial charge in [-0.15, -0.1) is 0 Å². The van der Waals surface area contributed by atoms with Gasteiger partial charge in [0.1, 0.15) is 10.7 Å². The second kappa shape index (κ2) is 5.57. The highest BCUT2D eigenvalue weighted by Crippen LogP contribution is 2.30. The van der Waals surface area contributed by atoms with Crippen molar-refractivity contribution in [2.45, 2.75) is 31.6 Å². The SMILES string of the molecule is CC1(C)CCN(C(=O)c2ccc(F)c(S(=O)(=O)Cl)c2)CC1. The molecule has 1 fully saturated rings. The van der Waals surface area contributed by atoms with Crippen molar-refractivity contribution in [2.75, 3.05) is 13.1 Å². The van der Waals surface area contributed by atoms with E-state index in [0.29, 0.717) is 13.1 Å². The fourth-order valence-corrected chi connectivity index (χ4v) is 3.24. The van der Waals surface area contributed by atoms with Crippen LogP contribution in [0.2, 0.25) is 0 Å². The molecule has 1 saturated heterocycles. The van der Waals surface area contributed by atoms with Crippen molar-refractivity contribution in [1.82, 2.24) is 4.90 Å². The number of carbonyl (C=O) groups excluding carboxylic acids is 1. The molecule has 0 unspecified atom stereocenters. The molecule has 0 N–H and O–H groups in total. The van der Waals surface area contributed by atoms with Gasteiger partial charge in [-0.3, -0.25) is 4.79 Å². The summed E-state index contributed by atoms with van der Waals surface area (Å²) >= 11 is 0. The van der Waals surface area contributed by atoms with Crippen molar-refractivity contribution >= 4 is 25.6 Å². The van der Waals surface area contributed by atoms with Gasteiger partial charge in [-0.05, 0) is 36.5 Å². The first-order valence-corrected chi connectivity index (χ1v) is 8.95. The Bertz CT molecular complexity index is 663. The largest absolute Gasteiger partial charge is 0.339 e. The van der Waals surface area contributed by atoms with Crippen LogP contribution in [0, 0.1) is 11.2 Å². The molecule has 1 heterocycles. The number of carbonyl (C=O) groups is 1. The van der Waals surface area contributed by atoms with Crippen LogP contribution in [0.25, 0.3) is 0 Å². The molecule has 0 atom stereocenters. The van der Waals surface area contributed by atoms with Gasteiger partial charge in [0, 0.05) is 29.3 Å². The number of benzene rings is 1. The topological polar surface area (TPSA) is 54.5 Å². The van der Waals surface area contributed by atoms with Gasteiger partial charge in [-0.25, -0.2) is 12.8 Å². The van der Waals surface area contributed by atoms with Crippen molar-refractivity contribution in [1.29, 1.82) is 0 Å². The number of halogens is 2. The zero-order valence-corrected chi connectivity index (χ0v) is 13.5. The fourth-order valence-electron chi connectivity index (χ4n) is 2.32. The third-order valence-electron chi connectivity index (χ3n) is 3.85. The Labute approximate surface area is 128 Å². The molecule has 0 saturated carbocycles. The number of amides is 1. The minimum atomic E-state index is -4.21. The van der Waals surface area contributed by atoms with Gasteiger partial charge in [0.25, 0.3) is 15.0 Å². The Morgan fingerprint density at radius 1 is 1.29 bits per heavy atom. The van der Waals surface area contributed by atoms with Crippen LogP contribution in [0.15, 0.2) is 23.1 Å². The molecule has 2 rings (SSSR count). The number of rotatable bonds is 2. The molecule has 0 aromatic heterocycles. The standard InChI is InChI=1S/C14H17ClFNO3S/c1-14(2)5-7-17(8-6-14)13(18)10-3-4-11(16)12(9-10)21(15,19)20/h3-4,9H,5-8H2,1-2H3. The minimum absolute atomic E-state index is 0.135. The summed E-state index contributed by atoms with van der Waals surface area (Å²) in [7, 11) is 0.959. The van der Waals surface area contributed by atoms with E-state index in [2.05, 4.69) is 13.8 Å². The third kappa shape index (κ3) is 3.74. The van der Waals surface area contributed by atoms with E-state index >= 15 is 0 Å². The first kappa shape index (κ1) is 16.2. The highest BCUT2D eigenvalue weighted by Gasteiger charge is 2.29. The predicted octanol–water partition coefficient (Wildman–Crippen LogP) is 3.02. The molecule has 1 aliphatic heterocycles. The lowest BCUT2D eigenvalue weighted by atomic mass is 9.82. The maximum absolute atomic E-state index is 13.5. The van der Waals surface area contributed by atoms with Crippen LogP contribution in [0.1, 0.15) is 37.0 Å². The van der Waals surface area contributed by atoms with Gasteiger partial charge in [-0.1, -0.05) is 13.8 Å². The molecule has 0 spiro atoms. The van der Waals surface area contributed by atoms with E-state index < -0.39 is 19.8 Å². The van der Waals surface area contributed by atoms with Gasteiger partial charge in [-0.2, -0.15) is 0 Å². The average molecular weight is 334 g/mol. The maximum Gasteiger partial charge on any atom is 0.264 e. The number of hydrogen-bond acceptors (Lipinski definition) is 3. The quantitative estimate of drug-likeness (QED) is 0.782. The molecule has 0 aliphatic carbocycles. The number of hydrogen-bond donors (Lipinski definition) is 0. The lowest BCUT2D eigenvalue weighted by Crippen LogP contribution is -2.41. The Hall–Kier alpha value is -1.14. The normalized spacial score (nSPS) is 18.6. The van der Waals surface area contributed by atoms with Crippen molar-refractivity contribution < 1.29 is 17.6 Å². The Morgan fingerprint density at radius 3 is 2.38 bits per heavy atom. The summed E-state index contributed by atoms with van der Waals surface area (Å²) in [6.07, 6.45) is 1.75. The monoisotopic (exact) mass is 333 g/mol. The number of nitrogens with zero attached hydrogens (tertiary/aromatic N) is 1. The molecular formula is C14H17ClFNO3S. The molecule has 116 valence electrons. The van der Waals surface area contributed by atoms with Crippen LogP contribution in [0.5, 0.6) is 0 Å². The Balaban J connectivity index is 2.25. The Kier molecular flexibility index (Phi) is 4.31. The molecular weight excluding hydrogens is 317 g/mol. The molecule has 7 heteroatoms. The van der Waals surface area contributed by atoms with Gasteiger partial charge < -0.3 is 4.90 Å². The molecule has 4 nitrogen and oxygen atoms in total. The van der Waals surface area contributed by atoms with Crippen LogP contribution in [0.4, 0.5) is 4.39 Å². The van der Waals surface area contributed by atoms with Crippen LogP contribution in [0.3, 0.4) is 0 Å². The average Bonchev–Trinajstić information content (AvgIpc) is 2.37. The zero-order chi connectivity index (χ0) is 15.8. The second-order valence-electron chi connectivity index (χ2n) is 6.04. The molecule has 0 bridgehead atoms. The van der Waals surface area contributed by atoms with E-state index in [0.717, 1.165) is 25.0 Å². The molecule has 1 amide bonds. The van der Waals surface area contributed by atoms with E-state index in [9.17, 15) is 17.6 Å². The van der Waals surface area contributed by atoms with Crippen LogP contribution >= 0.6 is 10.7 Å². The maximum atomic E-state index is 13.5. The summed E-state index contributed by atoms with van der Waals surface area (Å²) in [5, 5.41) is 0. The minimum Gasteiger partial charge on any atom is -0.339 e. The summed E-state index contributed by atoms with van der Waals surface area (Å²) in [5.74, 6) is -1.26. The summed E-state index contributed by atoms with van der Waals surface area (Å²) in [4.78, 5) is 13.4. The van der Waals surface area contributed by atoms with E-state index in [1.54, 1.807) is 4.90 Å². The molecule has 1 aromatic rings. The van der Waals surface area contributed by atoms with E-state index in [4.69, 9.17) is 10.7 Å². The van der Waals surface area contributed by atoms with Gasteiger partial charge in [0.2, 0.25) is 0 Å². The first-order valence-electron chi connectivity index (χ1n) is 6.64. The highest BCUT2D eigenvalue weighted by molar-refractivity contribution is 8.13. The smallest absolute Gasteiger partial charge is 0.264 e. The van der Waals surface area contributed by atoms with Crippen molar-refractivity contribution in [3.05, 3.63) is 29.6 Å². The Morgan fingerprint density at radius 2 is 1.86 bits per heavy atom. The van der Waals surface area contributed by atoms with Crippen molar-refractivity contribution in [2.24, 2.45) is 5.41 Å². The first-order chi connectivity index (χ1) is 9.60. The van der Waals surface area contributed by atoms with Crippen molar-refractivity contribution in [3.8, 4) is 0 Å². The van der Waals surface area contributed by atoms with E-state index in [1.165, 1.54) is 6.07 Å². The van der Waals surface area contributed by atoms with Crippen LogP contribution < -0.4 is 0 Å². The summed E-state index contributed by atoms with van der Waals surface area (Å²) < 4.78 is 36.1. The van der Waals surface area contributed by atoms with Gasteiger partial charge in [0.15, 0.2) is 0 Å². The van der Waals surface area contributed by atoms with Gasteiger partial charge in [0.05, 0.1) is 0 Å². The number of piperidine rings is 1. The number of likely N-dealkylation sites (tertiary alicyclic amines) is 1. The zero-order valence-electron chi connectivity index (χ0n) is 11.9.